The fraction of sp³-hybridized carbons (Fsp3) is 0.105. The van der Waals surface area contributed by atoms with Crippen LogP contribution in [0.15, 0.2) is 48.5 Å². The Kier molecular flexibility index (Phi) is 4.86. The van der Waals surface area contributed by atoms with Gasteiger partial charge in [0.05, 0.1) is 12.8 Å². The fourth-order valence-corrected chi connectivity index (χ4v) is 2.78. The lowest BCUT2D eigenvalue weighted by molar-refractivity contribution is 0.102. The largest absolute Gasteiger partial charge is 0.495 e. The van der Waals surface area contributed by atoms with Gasteiger partial charge in [-0.15, -0.1) is 10.2 Å². The molecule has 0 saturated heterocycles. The SMILES string of the molecule is COc1ccc(Cl)cc1Nc1ccc(C(=O)Nc2ccc3c(c2)OCO3)nn1. The number of nitrogens with zero attached hydrogens (tertiary/aromatic N) is 2. The number of ether oxygens (including phenoxy) is 3. The zero-order valence-corrected chi connectivity index (χ0v) is 15.5. The van der Waals surface area contributed by atoms with Gasteiger partial charge in [0.25, 0.3) is 5.91 Å². The molecule has 0 bridgehead atoms. The summed E-state index contributed by atoms with van der Waals surface area (Å²) >= 11 is 6.02. The third-order valence-electron chi connectivity index (χ3n) is 3.95. The molecule has 142 valence electrons. The lowest BCUT2D eigenvalue weighted by atomic mass is 10.2. The molecular weight excluding hydrogens is 384 g/mol. The van der Waals surface area contributed by atoms with Crippen molar-refractivity contribution in [2.24, 2.45) is 0 Å². The van der Waals surface area contributed by atoms with E-state index >= 15 is 0 Å². The van der Waals surface area contributed by atoms with E-state index in [4.69, 9.17) is 25.8 Å². The maximum absolute atomic E-state index is 12.4. The number of anilines is 3. The van der Waals surface area contributed by atoms with Crippen molar-refractivity contribution in [3.8, 4) is 17.2 Å². The quantitative estimate of drug-likeness (QED) is 0.673. The second kappa shape index (κ2) is 7.61. The minimum atomic E-state index is -0.391. The van der Waals surface area contributed by atoms with Gasteiger partial charge in [-0.3, -0.25) is 4.79 Å². The predicted molar refractivity (Wildman–Crippen MR) is 104 cm³/mol. The number of fused-ring (bicyclic) bond motifs is 1. The number of hydrogen-bond donors (Lipinski definition) is 2. The average molecular weight is 399 g/mol. The number of aromatic nitrogens is 2. The third kappa shape index (κ3) is 3.77. The van der Waals surface area contributed by atoms with E-state index in [1.54, 1.807) is 55.6 Å². The van der Waals surface area contributed by atoms with Crippen LogP contribution < -0.4 is 24.8 Å². The maximum atomic E-state index is 12.4. The van der Waals surface area contributed by atoms with E-state index in [9.17, 15) is 4.79 Å². The summed E-state index contributed by atoms with van der Waals surface area (Å²) in [4.78, 5) is 12.4. The number of hydrogen-bond acceptors (Lipinski definition) is 7. The molecule has 0 fully saturated rings. The molecule has 1 aliphatic rings. The van der Waals surface area contributed by atoms with Gasteiger partial charge in [-0.1, -0.05) is 11.6 Å². The summed E-state index contributed by atoms with van der Waals surface area (Å²) in [6, 6.07) is 13.5. The first kappa shape index (κ1) is 17.9. The molecule has 2 heterocycles. The van der Waals surface area contributed by atoms with Crippen LogP contribution >= 0.6 is 11.6 Å². The molecule has 0 saturated carbocycles. The van der Waals surface area contributed by atoms with Crippen molar-refractivity contribution >= 4 is 34.7 Å². The van der Waals surface area contributed by atoms with Crippen LogP contribution in [0.2, 0.25) is 5.02 Å². The molecule has 3 aromatic rings. The van der Waals surface area contributed by atoms with Gasteiger partial charge in [-0.2, -0.15) is 0 Å². The minimum Gasteiger partial charge on any atom is -0.495 e. The van der Waals surface area contributed by atoms with Gasteiger partial charge < -0.3 is 24.8 Å². The summed E-state index contributed by atoms with van der Waals surface area (Å²) in [7, 11) is 1.56. The number of amides is 1. The van der Waals surface area contributed by atoms with Gasteiger partial charge in [0, 0.05) is 16.8 Å². The third-order valence-corrected chi connectivity index (χ3v) is 4.19. The zero-order chi connectivity index (χ0) is 19.5. The lowest BCUT2D eigenvalue weighted by Crippen LogP contribution is -2.14. The summed E-state index contributed by atoms with van der Waals surface area (Å²) < 4.78 is 15.8. The van der Waals surface area contributed by atoms with E-state index in [-0.39, 0.29) is 12.5 Å². The number of carbonyl (C=O) groups is 1. The molecule has 1 aliphatic heterocycles. The van der Waals surface area contributed by atoms with Crippen LogP contribution in [0.3, 0.4) is 0 Å². The standard InChI is InChI=1S/C19H15ClN4O4/c1-26-15-5-2-11(20)8-14(15)22-18-7-4-13(23-24-18)19(25)21-12-3-6-16-17(9-12)28-10-27-16/h2-9H,10H2,1H3,(H,21,25)(H,22,24). The van der Waals surface area contributed by atoms with Gasteiger partial charge >= 0.3 is 0 Å². The summed E-state index contributed by atoms with van der Waals surface area (Å²) in [5, 5.41) is 14.4. The molecule has 4 rings (SSSR count). The Morgan fingerprint density at radius 3 is 2.71 bits per heavy atom. The molecule has 0 aliphatic carbocycles. The first-order chi connectivity index (χ1) is 13.6. The molecule has 1 aromatic heterocycles. The van der Waals surface area contributed by atoms with E-state index in [2.05, 4.69) is 20.8 Å². The summed E-state index contributed by atoms with van der Waals surface area (Å²) in [6.07, 6.45) is 0. The van der Waals surface area contributed by atoms with Crippen LogP contribution in [-0.2, 0) is 0 Å². The number of halogens is 1. The average Bonchev–Trinajstić information content (AvgIpc) is 3.16. The summed E-state index contributed by atoms with van der Waals surface area (Å²) in [6.45, 7) is 0.171. The van der Waals surface area contributed by atoms with E-state index in [1.165, 1.54) is 0 Å². The monoisotopic (exact) mass is 398 g/mol. The molecule has 1 amide bonds. The Labute approximate surface area is 165 Å². The first-order valence-electron chi connectivity index (χ1n) is 8.28. The minimum absolute atomic E-state index is 0.168. The Balaban J connectivity index is 1.46. The second-order valence-corrected chi connectivity index (χ2v) is 6.23. The normalized spacial score (nSPS) is 11.8. The van der Waals surface area contributed by atoms with E-state index in [1.807, 2.05) is 0 Å². The number of carbonyl (C=O) groups excluding carboxylic acids is 1. The Morgan fingerprint density at radius 1 is 1.07 bits per heavy atom. The van der Waals surface area contributed by atoms with Crippen LogP contribution in [0.5, 0.6) is 17.2 Å². The highest BCUT2D eigenvalue weighted by Gasteiger charge is 2.15. The topological polar surface area (TPSA) is 94.6 Å². The van der Waals surface area contributed by atoms with Gasteiger partial charge in [-0.25, -0.2) is 0 Å². The van der Waals surface area contributed by atoms with Crippen LogP contribution in [0.4, 0.5) is 17.2 Å². The Bertz CT molecular complexity index is 1030. The van der Waals surface area contributed by atoms with E-state index < -0.39 is 5.91 Å². The van der Waals surface area contributed by atoms with Crippen molar-refractivity contribution in [2.75, 3.05) is 24.5 Å². The fourth-order valence-electron chi connectivity index (χ4n) is 2.61. The molecule has 28 heavy (non-hydrogen) atoms. The molecule has 0 radical (unpaired) electrons. The van der Waals surface area contributed by atoms with Crippen molar-refractivity contribution in [3.63, 3.8) is 0 Å². The second-order valence-electron chi connectivity index (χ2n) is 5.80. The smallest absolute Gasteiger partial charge is 0.276 e. The molecule has 0 atom stereocenters. The lowest BCUT2D eigenvalue weighted by Gasteiger charge is -2.11. The van der Waals surface area contributed by atoms with Crippen molar-refractivity contribution < 1.29 is 19.0 Å². The van der Waals surface area contributed by atoms with Crippen molar-refractivity contribution in [1.82, 2.24) is 10.2 Å². The molecule has 2 aromatic carbocycles. The zero-order valence-electron chi connectivity index (χ0n) is 14.7. The van der Waals surface area contributed by atoms with Crippen molar-refractivity contribution in [1.29, 1.82) is 0 Å². The van der Waals surface area contributed by atoms with Gasteiger partial charge in [0.1, 0.15) is 5.75 Å². The summed E-state index contributed by atoms with van der Waals surface area (Å²) in [5.41, 5.74) is 1.38. The van der Waals surface area contributed by atoms with Crippen molar-refractivity contribution in [3.05, 3.63) is 59.2 Å². The Hall–Kier alpha value is -3.52. The highest BCUT2D eigenvalue weighted by molar-refractivity contribution is 6.31. The van der Waals surface area contributed by atoms with Gasteiger partial charge in [-0.05, 0) is 42.5 Å². The molecular formula is C19H15ClN4O4. The number of benzene rings is 2. The van der Waals surface area contributed by atoms with Gasteiger partial charge in [0.2, 0.25) is 6.79 Å². The van der Waals surface area contributed by atoms with Crippen LogP contribution in [0.1, 0.15) is 10.5 Å². The first-order valence-corrected chi connectivity index (χ1v) is 8.65. The Morgan fingerprint density at radius 2 is 1.93 bits per heavy atom. The van der Waals surface area contributed by atoms with Crippen molar-refractivity contribution in [2.45, 2.75) is 0 Å². The molecule has 0 spiro atoms. The molecule has 8 nitrogen and oxygen atoms in total. The number of methoxy groups -OCH3 is 1. The highest BCUT2D eigenvalue weighted by Crippen LogP contribution is 2.34. The highest BCUT2D eigenvalue weighted by atomic mass is 35.5. The van der Waals surface area contributed by atoms with Crippen LogP contribution in [0, 0.1) is 0 Å². The molecule has 2 N–H and O–H groups in total. The van der Waals surface area contributed by atoms with Gasteiger partial charge in [0.15, 0.2) is 23.0 Å². The molecule has 9 heteroatoms. The maximum Gasteiger partial charge on any atom is 0.276 e. The van der Waals surface area contributed by atoms with Crippen LogP contribution in [-0.4, -0.2) is 30.0 Å². The number of nitrogens with one attached hydrogen (secondary N) is 2. The van der Waals surface area contributed by atoms with E-state index in [0.717, 1.165) is 0 Å². The van der Waals surface area contributed by atoms with E-state index in [0.29, 0.717) is 39.5 Å². The predicted octanol–water partition coefficient (Wildman–Crippen LogP) is 3.86. The summed E-state index contributed by atoms with van der Waals surface area (Å²) in [5.74, 6) is 1.89. The van der Waals surface area contributed by atoms with Crippen LogP contribution in [0.25, 0.3) is 0 Å². The molecule has 0 unspecified atom stereocenters. The number of rotatable bonds is 5.